The highest BCUT2D eigenvalue weighted by molar-refractivity contribution is 6.31. The average Bonchev–Trinajstić information content (AvgIpc) is 2.64. The van der Waals surface area contributed by atoms with Gasteiger partial charge in [-0.1, -0.05) is 32.4 Å². The molecule has 0 aromatic carbocycles. The van der Waals surface area contributed by atoms with Crippen LogP contribution in [0.2, 0.25) is 5.02 Å². The van der Waals surface area contributed by atoms with Crippen LogP contribution in [0.25, 0.3) is 0 Å². The summed E-state index contributed by atoms with van der Waals surface area (Å²) in [6.07, 6.45) is 5.00. The highest BCUT2D eigenvalue weighted by atomic mass is 35.5. The Balaban J connectivity index is 1.95. The first-order valence-corrected chi connectivity index (χ1v) is 8.44. The molecule has 0 aliphatic heterocycles. The zero-order chi connectivity index (χ0) is 15.8. The second kappa shape index (κ2) is 6.29. The molecule has 120 valence electrons. The second-order valence-electron chi connectivity index (χ2n) is 7.72. The fourth-order valence-corrected chi connectivity index (χ4v) is 3.87. The molecule has 1 aliphatic carbocycles. The van der Waals surface area contributed by atoms with Crippen LogP contribution in [0.4, 0.5) is 0 Å². The zero-order valence-corrected chi connectivity index (χ0v) is 14.7. The van der Waals surface area contributed by atoms with Crippen molar-refractivity contribution >= 4 is 11.6 Å². The first kappa shape index (κ1) is 16.8. The van der Waals surface area contributed by atoms with Crippen LogP contribution >= 0.6 is 11.6 Å². The molecule has 0 radical (unpaired) electrons. The van der Waals surface area contributed by atoms with E-state index in [9.17, 15) is 5.11 Å². The zero-order valence-electron chi connectivity index (χ0n) is 14.0. The van der Waals surface area contributed by atoms with Crippen molar-refractivity contribution in [3.8, 4) is 0 Å². The highest BCUT2D eigenvalue weighted by Crippen LogP contribution is 2.41. The van der Waals surface area contributed by atoms with Crippen LogP contribution in [0.1, 0.15) is 57.8 Å². The summed E-state index contributed by atoms with van der Waals surface area (Å²) in [6, 6.07) is 0. The van der Waals surface area contributed by atoms with E-state index in [4.69, 9.17) is 11.6 Å². The fraction of sp³-hybridized carbons (Fsp3) is 0.824. The topological polar surface area (TPSA) is 38.0 Å². The van der Waals surface area contributed by atoms with Crippen molar-refractivity contribution < 1.29 is 5.11 Å². The summed E-state index contributed by atoms with van der Waals surface area (Å²) >= 11 is 6.29. The number of nitrogens with zero attached hydrogens (tertiary/aromatic N) is 2. The molecule has 3 nitrogen and oxygen atoms in total. The van der Waals surface area contributed by atoms with Crippen molar-refractivity contribution in [2.75, 3.05) is 0 Å². The number of aliphatic hydroxyl groups is 1. The molecule has 1 aromatic rings. The SMILES string of the molecule is Cc1nn(C)c(CC(O)C2CCC(C(C)(C)C)CC2)c1Cl. The number of rotatable bonds is 3. The van der Waals surface area contributed by atoms with Gasteiger partial charge in [0.25, 0.3) is 0 Å². The minimum absolute atomic E-state index is 0.307. The standard InChI is InChI=1S/C17H29ClN2O/c1-11-16(18)14(20(5)19-11)10-15(21)12-6-8-13(9-7-12)17(2,3)4/h12-13,15,21H,6-10H2,1-5H3. The number of aryl methyl sites for hydroxylation is 2. The molecule has 4 heteroatoms. The Morgan fingerprint density at radius 1 is 1.29 bits per heavy atom. The van der Waals surface area contributed by atoms with Crippen molar-refractivity contribution in [3.63, 3.8) is 0 Å². The molecule has 21 heavy (non-hydrogen) atoms. The van der Waals surface area contributed by atoms with E-state index in [1.54, 1.807) is 0 Å². The molecular formula is C17H29ClN2O. The van der Waals surface area contributed by atoms with Crippen LogP contribution in [0.5, 0.6) is 0 Å². The summed E-state index contributed by atoms with van der Waals surface area (Å²) in [7, 11) is 1.90. The van der Waals surface area contributed by atoms with E-state index >= 15 is 0 Å². The van der Waals surface area contributed by atoms with Gasteiger partial charge in [-0.2, -0.15) is 5.10 Å². The summed E-state index contributed by atoms with van der Waals surface area (Å²) in [4.78, 5) is 0. The van der Waals surface area contributed by atoms with Gasteiger partial charge in [0.2, 0.25) is 0 Å². The molecule has 0 bridgehead atoms. The van der Waals surface area contributed by atoms with E-state index < -0.39 is 0 Å². The van der Waals surface area contributed by atoms with Gasteiger partial charge in [-0.25, -0.2) is 0 Å². The lowest BCUT2D eigenvalue weighted by atomic mass is 9.68. The third-order valence-electron chi connectivity index (χ3n) is 5.20. The van der Waals surface area contributed by atoms with Gasteiger partial charge in [0.05, 0.1) is 22.5 Å². The predicted octanol–water partition coefficient (Wildman–Crippen LogP) is 4.14. The van der Waals surface area contributed by atoms with Crippen LogP contribution < -0.4 is 0 Å². The Hall–Kier alpha value is -0.540. The van der Waals surface area contributed by atoms with Gasteiger partial charge >= 0.3 is 0 Å². The first-order chi connectivity index (χ1) is 9.70. The van der Waals surface area contributed by atoms with Crippen molar-refractivity contribution in [1.82, 2.24) is 9.78 Å². The maximum absolute atomic E-state index is 10.6. The summed E-state index contributed by atoms with van der Waals surface area (Å²) in [5, 5.41) is 15.6. The first-order valence-electron chi connectivity index (χ1n) is 8.06. The molecule has 0 spiro atoms. The van der Waals surface area contributed by atoms with Gasteiger partial charge in [-0.3, -0.25) is 4.68 Å². The summed E-state index contributed by atoms with van der Waals surface area (Å²) in [5.41, 5.74) is 2.19. The largest absolute Gasteiger partial charge is 0.392 e. The van der Waals surface area contributed by atoms with Crippen LogP contribution in [0.15, 0.2) is 0 Å². The Kier molecular flexibility index (Phi) is 5.04. The molecule has 0 amide bonds. The Bertz CT molecular complexity index is 482. The molecule has 1 aromatic heterocycles. The molecule has 1 saturated carbocycles. The van der Waals surface area contributed by atoms with Gasteiger partial charge < -0.3 is 5.11 Å². The Labute approximate surface area is 133 Å². The molecule has 2 rings (SSSR count). The molecule has 0 saturated heterocycles. The summed E-state index contributed by atoms with van der Waals surface area (Å²) in [5.74, 6) is 1.18. The molecule has 1 N–H and O–H groups in total. The van der Waals surface area contributed by atoms with E-state index in [0.29, 0.717) is 22.8 Å². The number of hydrogen-bond acceptors (Lipinski definition) is 2. The van der Waals surface area contributed by atoms with E-state index in [1.807, 2.05) is 18.7 Å². The van der Waals surface area contributed by atoms with E-state index in [2.05, 4.69) is 25.9 Å². The highest BCUT2D eigenvalue weighted by Gasteiger charge is 2.32. The molecule has 1 aliphatic rings. The molecule has 1 fully saturated rings. The van der Waals surface area contributed by atoms with E-state index in [-0.39, 0.29) is 6.10 Å². The molecule has 1 unspecified atom stereocenters. The smallest absolute Gasteiger partial charge is 0.0847 e. The van der Waals surface area contributed by atoms with Gasteiger partial charge in [-0.05, 0) is 49.9 Å². The van der Waals surface area contributed by atoms with Crippen molar-refractivity contribution in [1.29, 1.82) is 0 Å². The number of halogens is 1. The maximum atomic E-state index is 10.6. The second-order valence-corrected chi connectivity index (χ2v) is 8.10. The third kappa shape index (κ3) is 3.81. The number of aliphatic hydroxyl groups excluding tert-OH is 1. The van der Waals surface area contributed by atoms with Crippen molar-refractivity contribution in [3.05, 3.63) is 16.4 Å². The number of aromatic nitrogens is 2. The molecule has 1 heterocycles. The molecular weight excluding hydrogens is 284 g/mol. The molecule has 1 atom stereocenters. The minimum atomic E-state index is -0.307. The van der Waals surface area contributed by atoms with Crippen LogP contribution in [0.3, 0.4) is 0 Å². The van der Waals surface area contributed by atoms with Gasteiger partial charge in [-0.15, -0.1) is 0 Å². The fourth-order valence-electron chi connectivity index (χ4n) is 3.64. The normalized spacial score (nSPS) is 25.1. The van der Waals surface area contributed by atoms with Gasteiger partial charge in [0.1, 0.15) is 0 Å². The number of hydrogen-bond donors (Lipinski definition) is 1. The Morgan fingerprint density at radius 2 is 1.86 bits per heavy atom. The lowest BCUT2D eigenvalue weighted by molar-refractivity contribution is 0.0526. The van der Waals surface area contributed by atoms with E-state index in [0.717, 1.165) is 30.1 Å². The lowest BCUT2D eigenvalue weighted by Crippen LogP contribution is -2.32. The summed E-state index contributed by atoms with van der Waals surface area (Å²) in [6.45, 7) is 8.89. The maximum Gasteiger partial charge on any atom is 0.0847 e. The van der Waals surface area contributed by atoms with Crippen molar-refractivity contribution in [2.24, 2.45) is 24.3 Å². The minimum Gasteiger partial charge on any atom is -0.392 e. The monoisotopic (exact) mass is 312 g/mol. The Morgan fingerprint density at radius 3 is 2.29 bits per heavy atom. The lowest BCUT2D eigenvalue weighted by Gasteiger charge is -2.38. The quantitative estimate of drug-likeness (QED) is 0.911. The predicted molar refractivity (Wildman–Crippen MR) is 87.6 cm³/mol. The summed E-state index contributed by atoms with van der Waals surface area (Å²) < 4.78 is 1.81. The van der Waals surface area contributed by atoms with E-state index in [1.165, 1.54) is 12.8 Å². The van der Waals surface area contributed by atoms with Crippen LogP contribution in [-0.4, -0.2) is 21.0 Å². The van der Waals surface area contributed by atoms with Gasteiger partial charge in [0.15, 0.2) is 0 Å². The van der Waals surface area contributed by atoms with Crippen molar-refractivity contribution in [2.45, 2.75) is 65.9 Å². The van der Waals surface area contributed by atoms with Gasteiger partial charge in [0, 0.05) is 13.5 Å². The average molecular weight is 313 g/mol. The van der Waals surface area contributed by atoms with Crippen LogP contribution in [0, 0.1) is 24.2 Å². The van der Waals surface area contributed by atoms with Crippen LogP contribution in [-0.2, 0) is 13.5 Å². The third-order valence-corrected chi connectivity index (χ3v) is 5.70.